The Kier molecular flexibility index (Phi) is 3.73. The summed E-state index contributed by atoms with van der Waals surface area (Å²) in [5, 5.41) is 20.2. The Morgan fingerprint density at radius 3 is 2.52 bits per heavy atom. The number of phenolic OH excluding ortho intramolecular Hbond substituents is 2. The molecule has 1 atom stereocenters. The van der Waals surface area contributed by atoms with E-state index in [4.69, 9.17) is 14.2 Å². The Bertz CT molecular complexity index is 768. The van der Waals surface area contributed by atoms with E-state index in [1.54, 1.807) is 12.1 Å². The molecule has 2 N–H and O–H groups in total. The molecule has 6 nitrogen and oxygen atoms in total. The summed E-state index contributed by atoms with van der Waals surface area (Å²) < 4.78 is 16.1. The van der Waals surface area contributed by atoms with Crippen LogP contribution in [0.25, 0.3) is 0 Å². The van der Waals surface area contributed by atoms with Crippen molar-refractivity contribution in [3.63, 3.8) is 0 Å². The molecule has 1 heterocycles. The molecule has 2 aromatic carbocycles. The molecule has 0 saturated carbocycles. The van der Waals surface area contributed by atoms with Crippen molar-refractivity contribution in [1.82, 2.24) is 0 Å². The number of methoxy groups -OCH3 is 2. The first-order valence-electron chi connectivity index (χ1n) is 7.02. The van der Waals surface area contributed by atoms with E-state index in [1.807, 2.05) is 12.1 Å². The topological polar surface area (TPSA) is 85.2 Å². The molecular weight excluding hydrogens is 300 g/mol. The van der Waals surface area contributed by atoms with Crippen LogP contribution in [0, 0.1) is 0 Å². The number of benzene rings is 2. The fraction of sp³-hybridized carbons (Fsp3) is 0.235. The number of carbonyl (C=O) groups is 1. The smallest absolute Gasteiger partial charge is 0.201 e. The minimum Gasteiger partial charge on any atom is -0.507 e. The predicted octanol–water partition coefficient (Wildman–Crippen LogP) is 2.82. The van der Waals surface area contributed by atoms with Gasteiger partial charge in [0.2, 0.25) is 5.75 Å². The number of rotatable bonds is 3. The monoisotopic (exact) mass is 316 g/mol. The van der Waals surface area contributed by atoms with Crippen molar-refractivity contribution in [2.75, 3.05) is 14.2 Å². The Balaban J connectivity index is 2.10. The number of hydrogen-bond donors (Lipinski definition) is 2. The van der Waals surface area contributed by atoms with E-state index in [-0.39, 0.29) is 40.8 Å². The lowest BCUT2D eigenvalue weighted by atomic mass is 9.94. The fourth-order valence-electron chi connectivity index (χ4n) is 2.71. The molecule has 0 bridgehead atoms. The zero-order chi connectivity index (χ0) is 16.6. The van der Waals surface area contributed by atoms with Gasteiger partial charge in [0.05, 0.1) is 20.6 Å². The summed E-state index contributed by atoms with van der Waals surface area (Å²) in [7, 11) is 2.88. The first-order valence-corrected chi connectivity index (χ1v) is 7.02. The van der Waals surface area contributed by atoms with Gasteiger partial charge in [0.15, 0.2) is 17.3 Å². The van der Waals surface area contributed by atoms with Crippen molar-refractivity contribution in [2.24, 2.45) is 0 Å². The second kappa shape index (κ2) is 5.72. The molecule has 0 fully saturated rings. The van der Waals surface area contributed by atoms with Gasteiger partial charge in [-0.1, -0.05) is 18.2 Å². The number of carbonyl (C=O) groups excluding carboxylic acids is 1. The van der Waals surface area contributed by atoms with Crippen molar-refractivity contribution in [2.45, 2.75) is 12.5 Å². The molecular formula is C17H16O6. The van der Waals surface area contributed by atoms with Crippen LogP contribution >= 0.6 is 0 Å². The summed E-state index contributed by atoms with van der Waals surface area (Å²) in [6, 6.07) is 8.37. The van der Waals surface area contributed by atoms with E-state index in [9.17, 15) is 15.0 Å². The number of Topliss-reactive ketones (excluding diaryl/α,β-unsaturated/α-hetero) is 1. The van der Waals surface area contributed by atoms with Gasteiger partial charge in [-0.25, -0.2) is 0 Å². The third kappa shape index (κ3) is 2.42. The highest BCUT2D eigenvalue weighted by atomic mass is 16.5. The van der Waals surface area contributed by atoms with Crippen LogP contribution in [0.15, 0.2) is 30.3 Å². The number of aromatic hydroxyl groups is 2. The Hall–Kier alpha value is -2.89. The molecule has 3 rings (SSSR count). The Labute approximate surface area is 132 Å². The second-order valence-electron chi connectivity index (χ2n) is 5.13. The van der Waals surface area contributed by atoms with Gasteiger partial charge in [0.1, 0.15) is 23.2 Å². The number of para-hydroxylation sites is 1. The van der Waals surface area contributed by atoms with Crippen LogP contribution in [0.3, 0.4) is 0 Å². The van der Waals surface area contributed by atoms with Crippen LogP contribution in [0.2, 0.25) is 0 Å². The van der Waals surface area contributed by atoms with Gasteiger partial charge in [-0.2, -0.15) is 0 Å². The van der Waals surface area contributed by atoms with Crippen LogP contribution in [-0.2, 0) is 0 Å². The zero-order valence-electron chi connectivity index (χ0n) is 12.7. The lowest BCUT2D eigenvalue weighted by Crippen LogP contribution is -2.21. The highest BCUT2D eigenvalue weighted by molar-refractivity contribution is 6.03. The second-order valence-corrected chi connectivity index (χ2v) is 5.13. The molecule has 120 valence electrons. The predicted molar refractivity (Wildman–Crippen MR) is 81.6 cm³/mol. The van der Waals surface area contributed by atoms with Gasteiger partial charge in [-0.15, -0.1) is 0 Å². The Morgan fingerprint density at radius 1 is 1.13 bits per heavy atom. The third-order valence-electron chi connectivity index (χ3n) is 3.81. The van der Waals surface area contributed by atoms with E-state index >= 15 is 0 Å². The molecule has 23 heavy (non-hydrogen) atoms. The minimum absolute atomic E-state index is 0.0329. The quantitative estimate of drug-likeness (QED) is 0.847. The highest BCUT2D eigenvalue weighted by Gasteiger charge is 2.35. The van der Waals surface area contributed by atoms with E-state index in [1.165, 1.54) is 20.3 Å². The molecule has 0 spiro atoms. The van der Waals surface area contributed by atoms with Crippen LogP contribution in [0.1, 0.15) is 28.4 Å². The van der Waals surface area contributed by atoms with Crippen molar-refractivity contribution >= 4 is 5.78 Å². The van der Waals surface area contributed by atoms with Gasteiger partial charge in [0.25, 0.3) is 0 Å². The maximum absolute atomic E-state index is 12.4. The SMILES string of the molecule is COc1ccccc1C1CC(=O)c2c(O)cc(OC)c(O)c2O1. The van der Waals surface area contributed by atoms with Crippen LogP contribution in [0.4, 0.5) is 0 Å². The largest absolute Gasteiger partial charge is 0.507 e. The standard InChI is InChI=1S/C17H16O6/c1-21-12-6-4-3-5-9(12)13-7-10(18)15-11(19)8-14(22-2)16(20)17(15)23-13/h3-6,8,13,19-20H,7H2,1-2H3. The maximum Gasteiger partial charge on any atom is 0.201 e. The molecule has 2 aromatic rings. The van der Waals surface area contributed by atoms with Crippen molar-refractivity contribution in [1.29, 1.82) is 0 Å². The summed E-state index contributed by atoms with van der Waals surface area (Å²) in [6.45, 7) is 0. The van der Waals surface area contributed by atoms with Gasteiger partial charge in [-0.05, 0) is 6.07 Å². The highest BCUT2D eigenvalue weighted by Crippen LogP contribution is 2.49. The van der Waals surface area contributed by atoms with Crippen molar-refractivity contribution in [3.05, 3.63) is 41.5 Å². The van der Waals surface area contributed by atoms with E-state index in [0.29, 0.717) is 11.3 Å². The number of hydrogen-bond acceptors (Lipinski definition) is 6. The number of phenols is 2. The molecule has 6 heteroatoms. The summed E-state index contributed by atoms with van der Waals surface area (Å²) in [4.78, 5) is 12.4. The first kappa shape index (κ1) is 15.0. The maximum atomic E-state index is 12.4. The number of ketones is 1. The average Bonchev–Trinajstić information content (AvgIpc) is 2.57. The summed E-state index contributed by atoms with van der Waals surface area (Å²) in [5.74, 6) is -0.368. The Morgan fingerprint density at radius 2 is 1.83 bits per heavy atom. The lowest BCUT2D eigenvalue weighted by molar-refractivity contribution is 0.0833. The van der Waals surface area contributed by atoms with Crippen LogP contribution in [-0.4, -0.2) is 30.2 Å². The molecule has 1 aliphatic rings. The number of fused-ring (bicyclic) bond motifs is 1. The van der Waals surface area contributed by atoms with Gasteiger partial charge in [-0.3, -0.25) is 4.79 Å². The van der Waals surface area contributed by atoms with E-state index in [0.717, 1.165) is 0 Å². The number of ether oxygens (including phenoxy) is 3. The summed E-state index contributed by atoms with van der Waals surface area (Å²) in [5.41, 5.74) is 0.658. The summed E-state index contributed by atoms with van der Waals surface area (Å²) in [6.07, 6.45) is -0.587. The van der Waals surface area contributed by atoms with Crippen molar-refractivity contribution in [3.8, 4) is 28.7 Å². The fourth-order valence-corrected chi connectivity index (χ4v) is 2.71. The molecule has 0 amide bonds. The molecule has 0 radical (unpaired) electrons. The van der Waals surface area contributed by atoms with Crippen LogP contribution < -0.4 is 14.2 Å². The molecule has 0 aliphatic carbocycles. The molecule has 0 aromatic heterocycles. The van der Waals surface area contributed by atoms with Gasteiger partial charge < -0.3 is 24.4 Å². The molecule has 0 saturated heterocycles. The van der Waals surface area contributed by atoms with E-state index < -0.39 is 6.10 Å². The van der Waals surface area contributed by atoms with Gasteiger partial charge >= 0.3 is 0 Å². The zero-order valence-corrected chi connectivity index (χ0v) is 12.7. The molecule has 1 aliphatic heterocycles. The van der Waals surface area contributed by atoms with Crippen LogP contribution in [0.5, 0.6) is 28.7 Å². The van der Waals surface area contributed by atoms with Gasteiger partial charge in [0, 0.05) is 11.6 Å². The minimum atomic E-state index is -0.622. The first-order chi connectivity index (χ1) is 11.1. The normalized spacial score (nSPS) is 16.4. The molecule has 1 unspecified atom stereocenters. The average molecular weight is 316 g/mol. The third-order valence-corrected chi connectivity index (χ3v) is 3.81. The van der Waals surface area contributed by atoms with E-state index in [2.05, 4.69) is 0 Å². The summed E-state index contributed by atoms with van der Waals surface area (Å²) >= 11 is 0. The van der Waals surface area contributed by atoms with Crippen molar-refractivity contribution < 1.29 is 29.2 Å². The lowest BCUT2D eigenvalue weighted by Gasteiger charge is -2.28.